The Balaban J connectivity index is 1.75. The number of hydrogen-bond donors (Lipinski definition) is 2. The lowest BCUT2D eigenvalue weighted by molar-refractivity contribution is -0.123. The lowest BCUT2D eigenvalue weighted by Crippen LogP contribution is -2.49. The van der Waals surface area contributed by atoms with E-state index in [2.05, 4.69) is 17.2 Å². The van der Waals surface area contributed by atoms with E-state index in [1.165, 1.54) is 4.88 Å². The number of carbonyl (C=O) groups is 1. The van der Waals surface area contributed by atoms with Crippen molar-refractivity contribution in [3.8, 4) is 0 Å². The van der Waals surface area contributed by atoms with Crippen molar-refractivity contribution in [3.63, 3.8) is 0 Å². The molecule has 17 heavy (non-hydrogen) atoms. The van der Waals surface area contributed by atoms with Gasteiger partial charge in [0, 0.05) is 23.0 Å². The van der Waals surface area contributed by atoms with E-state index in [4.69, 9.17) is 5.73 Å². The van der Waals surface area contributed by atoms with Gasteiger partial charge in [0.25, 0.3) is 0 Å². The molecule has 1 saturated carbocycles. The van der Waals surface area contributed by atoms with Crippen LogP contribution in [0.2, 0.25) is 0 Å². The second-order valence-corrected chi connectivity index (χ2v) is 5.94. The SMILES string of the molecule is CCc1cnc(CNC(=O)CC2(N)CCC2)s1. The van der Waals surface area contributed by atoms with Gasteiger partial charge in [0.2, 0.25) is 5.91 Å². The number of nitrogens with two attached hydrogens (primary N) is 1. The first-order chi connectivity index (χ1) is 8.11. The van der Waals surface area contributed by atoms with Crippen LogP contribution < -0.4 is 11.1 Å². The summed E-state index contributed by atoms with van der Waals surface area (Å²) in [7, 11) is 0. The molecule has 5 heteroatoms. The Bertz CT molecular complexity index is 398. The van der Waals surface area contributed by atoms with Crippen LogP contribution in [0.25, 0.3) is 0 Å². The average Bonchev–Trinajstić information content (AvgIpc) is 2.72. The number of nitrogens with zero attached hydrogens (tertiary/aromatic N) is 1. The molecule has 1 aromatic heterocycles. The molecule has 1 heterocycles. The second kappa shape index (κ2) is 5.14. The minimum absolute atomic E-state index is 0.0421. The first kappa shape index (κ1) is 12.5. The van der Waals surface area contributed by atoms with E-state index in [0.29, 0.717) is 13.0 Å². The van der Waals surface area contributed by atoms with E-state index in [-0.39, 0.29) is 11.4 Å². The maximum Gasteiger partial charge on any atom is 0.222 e. The fourth-order valence-electron chi connectivity index (χ4n) is 1.96. The quantitative estimate of drug-likeness (QED) is 0.837. The van der Waals surface area contributed by atoms with E-state index < -0.39 is 0 Å². The smallest absolute Gasteiger partial charge is 0.222 e. The number of aryl methyl sites for hydroxylation is 1. The fourth-order valence-corrected chi connectivity index (χ4v) is 2.76. The van der Waals surface area contributed by atoms with E-state index >= 15 is 0 Å². The number of carbonyl (C=O) groups excluding carboxylic acids is 1. The molecule has 0 aliphatic heterocycles. The van der Waals surface area contributed by atoms with Gasteiger partial charge in [-0.1, -0.05) is 6.92 Å². The minimum atomic E-state index is -0.235. The van der Waals surface area contributed by atoms with Crippen molar-refractivity contribution in [3.05, 3.63) is 16.1 Å². The Kier molecular flexibility index (Phi) is 3.79. The van der Waals surface area contributed by atoms with Crippen molar-refractivity contribution < 1.29 is 4.79 Å². The lowest BCUT2D eigenvalue weighted by atomic mass is 9.75. The molecule has 2 rings (SSSR count). The van der Waals surface area contributed by atoms with Crippen LogP contribution in [-0.4, -0.2) is 16.4 Å². The largest absolute Gasteiger partial charge is 0.350 e. The molecule has 94 valence electrons. The third kappa shape index (κ3) is 3.26. The van der Waals surface area contributed by atoms with Crippen LogP contribution in [0.15, 0.2) is 6.20 Å². The fraction of sp³-hybridized carbons (Fsp3) is 0.667. The van der Waals surface area contributed by atoms with Gasteiger partial charge in [0.15, 0.2) is 0 Å². The van der Waals surface area contributed by atoms with Gasteiger partial charge >= 0.3 is 0 Å². The van der Waals surface area contributed by atoms with Crippen LogP contribution in [-0.2, 0) is 17.8 Å². The summed E-state index contributed by atoms with van der Waals surface area (Å²) >= 11 is 1.66. The maximum atomic E-state index is 11.7. The number of aromatic nitrogens is 1. The summed E-state index contributed by atoms with van der Waals surface area (Å²) in [6.45, 7) is 2.63. The second-order valence-electron chi connectivity index (χ2n) is 4.74. The monoisotopic (exact) mass is 253 g/mol. The number of hydrogen-bond acceptors (Lipinski definition) is 4. The Morgan fingerprint density at radius 2 is 2.41 bits per heavy atom. The number of thiazole rings is 1. The van der Waals surface area contributed by atoms with Crippen LogP contribution in [0.1, 0.15) is 42.5 Å². The summed E-state index contributed by atoms with van der Waals surface area (Å²) in [6.07, 6.45) is 6.41. The molecule has 1 amide bonds. The highest BCUT2D eigenvalue weighted by Gasteiger charge is 2.34. The third-order valence-corrected chi connectivity index (χ3v) is 4.39. The Hall–Kier alpha value is -0.940. The third-order valence-electron chi connectivity index (χ3n) is 3.25. The van der Waals surface area contributed by atoms with Crippen LogP contribution in [0.5, 0.6) is 0 Å². The van der Waals surface area contributed by atoms with E-state index in [1.54, 1.807) is 11.3 Å². The molecule has 0 atom stereocenters. The molecule has 0 unspecified atom stereocenters. The molecule has 1 aromatic rings. The van der Waals surface area contributed by atoms with Gasteiger partial charge in [0.05, 0.1) is 6.54 Å². The molecule has 1 fully saturated rings. The Morgan fingerprint density at radius 3 is 2.94 bits per heavy atom. The zero-order valence-corrected chi connectivity index (χ0v) is 11.0. The summed E-state index contributed by atoms with van der Waals surface area (Å²) < 4.78 is 0. The zero-order valence-electron chi connectivity index (χ0n) is 10.2. The van der Waals surface area contributed by atoms with Gasteiger partial charge in [-0.3, -0.25) is 4.79 Å². The molecule has 4 nitrogen and oxygen atoms in total. The Morgan fingerprint density at radius 1 is 1.65 bits per heavy atom. The van der Waals surface area contributed by atoms with Crippen LogP contribution in [0.3, 0.4) is 0 Å². The predicted octanol–water partition coefficient (Wildman–Crippen LogP) is 1.59. The molecule has 0 bridgehead atoms. The molecule has 0 spiro atoms. The Labute approximate surface area is 106 Å². The van der Waals surface area contributed by atoms with Crippen molar-refractivity contribution in [2.24, 2.45) is 5.73 Å². The topological polar surface area (TPSA) is 68.0 Å². The molecular formula is C12H19N3OS. The van der Waals surface area contributed by atoms with Gasteiger partial charge in [-0.15, -0.1) is 11.3 Å². The van der Waals surface area contributed by atoms with Crippen molar-refractivity contribution in [1.82, 2.24) is 10.3 Å². The standard InChI is InChI=1S/C12H19N3OS/c1-2-9-7-15-11(17-9)8-14-10(16)6-12(13)4-3-5-12/h7H,2-6,8,13H2,1H3,(H,14,16). The summed E-state index contributed by atoms with van der Waals surface area (Å²) in [5, 5.41) is 3.86. The molecule has 0 saturated heterocycles. The summed E-state index contributed by atoms with van der Waals surface area (Å²) in [4.78, 5) is 17.2. The van der Waals surface area contributed by atoms with Crippen LogP contribution in [0, 0.1) is 0 Å². The minimum Gasteiger partial charge on any atom is -0.350 e. The van der Waals surface area contributed by atoms with E-state index in [9.17, 15) is 4.79 Å². The van der Waals surface area contributed by atoms with Crippen LogP contribution >= 0.6 is 11.3 Å². The first-order valence-corrected chi connectivity index (χ1v) is 6.92. The molecule has 1 aliphatic carbocycles. The average molecular weight is 253 g/mol. The number of nitrogens with one attached hydrogen (secondary N) is 1. The van der Waals surface area contributed by atoms with Crippen molar-refractivity contribution in [2.75, 3.05) is 0 Å². The molecule has 0 radical (unpaired) electrons. The molecule has 0 aromatic carbocycles. The lowest BCUT2D eigenvalue weighted by Gasteiger charge is -2.37. The van der Waals surface area contributed by atoms with Crippen molar-refractivity contribution in [1.29, 1.82) is 0 Å². The summed E-state index contributed by atoms with van der Waals surface area (Å²) in [6, 6.07) is 0. The highest BCUT2D eigenvalue weighted by molar-refractivity contribution is 7.11. The molecular weight excluding hydrogens is 234 g/mol. The molecule has 3 N–H and O–H groups in total. The van der Waals surface area contributed by atoms with Gasteiger partial charge < -0.3 is 11.1 Å². The van der Waals surface area contributed by atoms with Crippen molar-refractivity contribution in [2.45, 2.75) is 51.1 Å². The number of amides is 1. The highest BCUT2D eigenvalue weighted by atomic mass is 32.1. The highest BCUT2D eigenvalue weighted by Crippen LogP contribution is 2.31. The van der Waals surface area contributed by atoms with Gasteiger partial charge in [-0.25, -0.2) is 4.98 Å². The maximum absolute atomic E-state index is 11.7. The van der Waals surface area contributed by atoms with Gasteiger partial charge in [-0.2, -0.15) is 0 Å². The zero-order chi connectivity index (χ0) is 12.3. The van der Waals surface area contributed by atoms with Gasteiger partial charge in [0.1, 0.15) is 5.01 Å². The van der Waals surface area contributed by atoms with Crippen molar-refractivity contribution >= 4 is 17.2 Å². The number of rotatable bonds is 5. The first-order valence-electron chi connectivity index (χ1n) is 6.10. The van der Waals surface area contributed by atoms with E-state index in [0.717, 1.165) is 30.7 Å². The molecule has 1 aliphatic rings. The predicted molar refractivity (Wildman–Crippen MR) is 68.7 cm³/mol. The summed E-state index contributed by atoms with van der Waals surface area (Å²) in [5.74, 6) is 0.0421. The van der Waals surface area contributed by atoms with Crippen LogP contribution in [0.4, 0.5) is 0 Å². The van der Waals surface area contributed by atoms with E-state index in [1.807, 2.05) is 6.20 Å². The normalized spacial score (nSPS) is 17.5. The van der Waals surface area contributed by atoms with Gasteiger partial charge in [-0.05, 0) is 25.7 Å². The summed E-state index contributed by atoms with van der Waals surface area (Å²) in [5.41, 5.74) is 5.79.